The highest BCUT2D eigenvalue weighted by Crippen LogP contribution is 2.22. The highest BCUT2D eigenvalue weighted by Gasteiger charge is 2.18. The first kappa shape index (κ1) is 20.6. The van der Waals surface area contributed by atoms with E-state index in [2.05, 4.69) is 65.6 Å². The summed E-state index contributed by atoms with van der Waals surface area (Å²) < 4.78 is 5.33. The van der Waals surface area contributed by atoms with Crippen LogP contribution in [0.1, 0.15) is 23.6 Å². The molecule has 29 heavy (non-hydrogen) atoms. The van der Waals surface area contributed by atoms with Crippen molar-refractivity contribution in [1.29, 1.82) is 0 Å². The molecule has 0 aliphatic heterocycles. The third-order valence-corrected chi connectivity index (χ3v) is 4.80. The van der Waals surface area contributed by atoms with Gasteiger partial charge in [-0.25, -0.2) is 4.79 Å². The van der Waals surface area contributed by atoms with Crippen LogP contribution in [-0.4, -0.2) is 23.8 Å². The van der Waals surface area contributed by atoms with Gasteiger partial charge in [0, 0.05) is 31.8 Å². The maximum Gasteiger partial charge on any atom is 0.333 e. The van der Waals surface area contributed by atoms with E-state index in [4.69, 9.17) is 4.74 Å². The molecule has 3 rings (SSSR count). The molecular formula is C25H27NO3. The fourth-order valence-electron chi connectivity index (χ4n) is 3.32. The topological polar surface area (TPSA) is 49.8 Å². The zero-order chi connectivity index (χ0) is 20.5. The predicted molar refractivity (Wildman–Crippen MR) is 116 cm³/mol. The van der Waals surface area contributed by atoms with Crippen LogP contribution in [0.4, 0.5) is 5.69 Å². The largest absolute Gasteiger partial charge is 0.479 e. The van der Waals surface area contributed by atoms with Crippen LogP contribution in [0.2, 0.25) is 0 Å². The normalized spacial score (nSPS) is 11.8. The molecule has 0 aromatic heterocycles. The van der Waals surface area contributed by atoms with Crippen molar-refractivity contribution in [2.24, 2.45) is 0 Å². The molecule has 0 radical (unpaired) electrons. The lowest BCUT2D eigenvalue weighted by Gasteiger charge is -2.26. The second-order valence-corrected chi connectivity index (χ2v) is 6.98. The third-order valence-electron chi connectivity index (χ3n) is 4.80. The minimum atomic E-state index is -0.925. The molecule has 0 spiro atoms. The number of ether oxygens (including phenoxy) is 1. The summed E-state index contributed by atoms with van der Waals surface area (Å²) in [5.74, 6) is -0.925. The highest BCUT2D eigenvalue weighted by molar-refractivity contribution is 5.72. The number of carboxylic acids is 1. The van der Waals surface area contributed by atoms with E-state index in [0.29, 0.717) is 13.0 Å². The smallest absolute Gasteiger partial charge is 0.333 e. The van der Waals surface area contributed by atoms with Crippen LogP contribution in [0.3, 0.4) is 0 Å². The second kappa shape index (κ2) is 10.4. The van der Waals surface area contributed by atoms with Gasteiger partial charge in [-0.2, -0.15) is 0 Å². The van der Waals surface area contributed by atoms with Gasteiger partial charge >= 0.3 is 5.97 Å². The molecule has 0 aliphatic rings. The fourth-order valence-corrected chi connectivity index (χ4v) is 3.32. The van der Waals surface area contributed by atoms with E-state index in [-0.39, 0.29) is 0 Å². The number of carbonyl (C=O) groups is 1. The van der Waals surface area contributed by atoms with Crippen molar-refractivity contribution < 1.29 is 14.6 Å². The molecule has 0 amide bonds. The molecule has 0 heterocycles. The van der Waals surface area contributed by atoms with Crippen LogP contribution in [-0.2, 0) is 29.0 Å². The molecule has 0 aliphatic carbocycles. The molecule has 0 saturated carbocycles. The Morgan fingerprint density at radius 2 is 1.34 bits per heavy atom. The van der Waals surface area contributed by atoms with Gasteiger partial charge in [-0.15, -0.1) is 0 Å². The number of aliphatic carboxylic acids is 1. The zero-order valence-corrected chi connectivity index (χ0v) is 16.7. The molecule has 1 unspecified atom stereocenters. The van der Waals surface area contributed by atoms with E-state index in [1.165, 1.54) is 11.1 Å². The average Bonchev–Trinajstić information content (AvgIpc) is 2.75. The van der Waals surface area contributed by atoms with Crippen molar-refractivity contribution in [3.63, 3.8) is 0 Å². The number of anilines is 1. The van der Waals surface area contributed by atoms with E-state index < -0.39 is 12.1 Å². The molecular weight excluding hydrogens is 362 g/mol. The monoisotopic (exact) mass is 389 g/mol. The molecule has 0 saturated heterocycles. The first-order valence-corrected chi connectivity index (χ1v) is 9.92. The van der Waals surface area contributed by atoms with Gasteiger partial charge in [0.05, 0.1) is 0 Å². The van der Waals surface area contributed by atoms with Crippen LogP contribution in [0.5, 0.6) is 0 Å². The molecule has 4 nitrogen and oxygen atoms in total. The Bertz CT molecular complexity index is 837. The van der Waals surface area contributed by atoms with Crippen molar-refractivity contribution in [1.82, 2.24) is 0 Å². The first-order valence-electron chi connectivity index (χ1n) is 9.92. The number of rotatable bonds is 10. The summed E-state index contributed by atoms with van der Waals surface area (Å²) in [7, 11) is 0. The maximum atomic E-state index is 11.3. The van der Waals surface area contributed by atoms with Crippen LogP contribution in [0.15, 0.2) is 84.9 Å². The van der Waals surface area contributed by atoms with E-state index in [1.807, 2.05) is 31.2 Å². The van der Waals surface area contributed by atoms with Gasteiger partial charge in [0.2, 0.25) is 0 Å². The van der Waals surface area contributed by atoms with Gasteiger partial charge in [-0.1, -0.05) is 72.8 Å². The Hall–Kier alpha value is -3.11. The van der Waals surface area contributed by atoms with Crippen molar-refractivity contribution >= 4 is 11.7 Å². The van der Waals surface area contributed by atoms with E-state index in [1.54, 1.807) is 0 Å². The number of nitrogens with zero attached hydrogens (tertiary/aromatic N) is 1. The summed E-state index contributed by atoms with van der Waals surface area (Å²) in [4.78, 5) is 13.7. The SMILES string of the molecule is CCOC(Cc1ccc(N(Cc2ccccc2)Cc2ccccc2)cc1)C(=O)O. The Morgan fingerprint density at radius 3 is 1.79 bits per heavy atom. The Morgan fingerprint density at radius 1 is 0.828 bits per heavy atom. The first-order chi connectivity index (χ1) is 14.2. The molecule has 3 aromatic carbocycles. The van der Waals surface area contributed by atoms with Gasteiger partial charge in [0.15, 0.2) is 6.10 Å². The standard InChI is InChI=1S/C25H27NO3/c1-2-29-24(25(27)28)17-20-13-15-23(16-14-20)26(18-21-9-5-3-6-10-21)19-22-11-7-4-8-12-22/h3-16,24H,2,17-19H2,1H3,(H,27,28). The summed E-state index contributed by atoms with van der Waals surface area (Å²) in [5, 5.41) is 9.30. The number of hydrogen-bond acceptors (Lipinski definition) is 3. The number of carboxylic acid groups (broad SMARTS) is 1. The van der Waals surface area contributed by atoms with Gasteiger partial charge in [-0.05, 0) is 35.7 Å². The van der Waals surface area contributed by atoms with E-state index in [9.17, 15) is 9.90 Å². The Balaban J connectivity index is 1.78. The predicted octanol–water partition coefficient (Wildman–Crippen LogP) is 4.93. The van der Waals surface area contributed by atoms with Crippen molar-refractivity contribution in [2.75, 3.05) is 11.5 Å². The summed E-state index contributed by atoms with van der Waals surface area (Å²) in [6.45, 7) is 3.79. The van der Waals surface area contributed by atoms with Gasteiger partial charge in [0.25, 0.3) is 0 Å². The lowest BCUT2D eigenvalue weighted by atomic mass is 10.1. The summed E-state index contributed by atoms with van der Waals surface area (Å²) in [5.41, 5.74) is 4.54. The molecule has 0 fully saturated rings. The van der Waals surface area contributed by atoms with Gasteiger partial charge < -0.3 is 14.7 Å². The van der Waals surface area contributed by atoms with Crippen LogP contribution in [0.25, 0.3) is 0 Å². The van der Waals surface area contributed by atoms with E-state index >= 15 is 0 Å². The van der Waals surface area contributed by atoms with Crippen LogP contribution < -0.4 is 4.90 Å². The third kappa shape index (κ3) is 6.19. The lowest BCUT2D eigenvalue weighted by molar-refractivity contribution is -0.149. The van der Waals surface area contributed by atoms with Gasteiger partial charge in [-0.3, -0.25) is 0 Å². The average molecular weight is 389 g/mol. The molecule has 1 atom stereocenters. The summed E-state index contributed by atoms with van der Waals surface area (Å²) >= 11 is 0. The minimum Gasteiger partial charge on any atom is -0.479 e. The highest BCUT2D eigenvalue weighted by atomic mass is 16.5. The molecule has 3 aromatic rings. The second-order valence-electron chi connectivity index (χ2n) is 6.98. The summed E-state index contributed by atoms with van der Waals surface area (Å²) in [6.07, 6.45) is -0.448. The number of hydrogen-bond donors (Lipinski definition) is 1. The van der Waals surface area contributed by atoms with Crippen molar-refractivity contribution in [2.45, 2.75) is 32.5 Å². The Kier molecular flexibility index (Phi) is 7.42. The maximum absolute atomic E-state index is 11.3. The fraction of sp³-hybridized carbons (Fsp3) is 0.240. The molecule has 150 valence electrons. The molecule has 1 N–H and O–H groups in total. The minimum absolute atomic E-state index is 0.362. The van der Waals surface area contributed by atoms with Crippen molar-refractivity contribution in [3.8, 4) is 0 Å². The zero-order valence-electron chi connectivity index (χ0n) is 16.7. The molecule has 0 bridgehead atoms. The van der Waals surface area contributed by atoms with Crippen molar-refractivity contribution in [3.05, 3.63) is 102 Å². The summed E-state index contributed by atoms with van der Waals surface area (Å²) in [6, 6.07) is 28.9. The van der Waals surface area contributed by atoms with Crippen LogP contribution >= 0.6 is 0 Å². The van der Waals surface area contributed by atoms with Crippen LogP contribution in [0, 0.1) is 0 Å². The number of benzene rings is 3. The Labute approximate surface area is 172 Å². The van der Waals surface area contributed by atoms with E-state index in [0.717, 1.165) is 24.3 Å². The quantitative estimate of drug-likeness (QED) is 0.534. The molecule has 4 heteroatoms. The van der Waals surface area contributed by atoms with Gasteiger partial charge in [0.1, 0.15) is 0 Å². The lowest BCUT2D eigenvalue weighted by Crippen LogP contribution is -2.26.